The van der Waals surface area contributed by atoms with Crippen molar-refractivity contribution < 1.29 is 33.6 Å². The number of carbonyl (C=O) groups is 1. The maximum atomic E-state index is 12.6. The van der Waals surface area contributed by atoms with Gasteiger partial charge in [0.1, 0.15) is 29.4 Å². The molecule has 4 aliphatic rings. The summed E-state index contributed by atoms with van der Waals surface area (Å²) in [6.45, 7) is 19.4. The van der Waals surface area contributed by atoms with E-state index < -0.39 is 5.97 Å². The molecule has 0 atom stereocenters. The topological polar surface area (TPSA) is 218 Å². The van der Waals surface area contributed by atoms with Crippen LogP contribution in [0.4, 0.5) is 5.69 Å². The van der Waals surface area contributed by atoms with Crippen molar-refractivity contribution >= 4 is 40.0 Å². The molecule has 2 saturated heterocycles. The number of carboxylic acid groups (broad SMARTS) is 1. The van der Waals surface area contributed by atoms with E-state index in [9.17, 15) is 19.8 Å². The quantitative estimate of drug-likeness (QED) is 0.0368. The van der Waals surface area contributed by atoms with E-state index in [0.29, 0.717) is 78.0 Å². The third-order valence-electron chi connectivity index (χ3n) is 12.0. The summed E-state index contributed by atoms with van der Waals surface area (Å²) >= 11 is 5.52. The number of carboxylic acids is 1. The molecule has 3 heterocycles. The molecule has 0 radical (unpaired) electrons. The van der Waals surface area contributed by atoms with Crippen LogP contribution in [0, 0.1) is 0 Å². The van der Waals surface area contributed by atoms with Gasteiger partial charge in [-0.05, 0) is 77.4 Å². The fourth-order valence-electron chi connectivity index (χ4n) is 8.58. The number of phenolic OH excluding ortho intramolecular Hbond substituents is 1. The van der Waals surface area contributed by atoms with Gasteiger partial charge in [0.15, 0.2) is 10.5 Å². The summed E-state index contributed by atoms with van der Waals surface area (Å²) in [6, 6.07) is 20.6. The van der Waals surface area contributed by atoms with Gasteiger partial charge in [-0.1, -0.05) is 12.1 Å². The first-order valence-corrected chi connectivity index (χ1v) is 24.9. The molecule has 7 rings (SSSR count). The van der Waals surface area contributed by atoms with Gasteiger partial charge in [0.25, 0.3) is 0 Å². The lowest BCUT2D eigenvalue weighted by Gasteiger charge is -2.26. The predicted molar refractivity (Wildman–Crippen MR) is 279 cm³/mol. The molecule has 0 saturated carbocycles. The minimum atomic E-state index is -1.15. The highest BCUT2D eigenvalue weighted by molar-refractivity contribution is 7.80. The number of aromatic hydroxyl groups is 1. The van der Waals surface area contributed by atoms with Crippen molar-refractivity contribution in [2.45, 2.75) is 13.1 Å². The number of anilines is 1. The molecule has 18 nitrogen and oxygen atoms in total. The average Bonchev–Trinajstić information content (AvgIpc) is 3.33. The van der Waals surface area contributed by atoms with Crippen LogP contribution in [0.3, 0.4) is 0 Å². The fraction of sp³-hybridized carbons (Fsp3) is 0.471. The van der Waals surface area contributed by atoms with E-state index in [1.807, 2.05) is 0 Å². The Hall–Kier alpha value is -5.29. The monoisotopic (exact) mass is 983 g/mol. The number of nitrogens with one attached hydrogen (secondary N) is 8. The van der Waals surface area contributed by atoms with Gasteiger partial charge >= 0.3 is 5.97 Å². The van der Waals surface area contributed by atoms with Crippen LogP contribution in [0.2, 0.25) is 0 Å². The van der Waals surface area contributed by atoms with E-state index in [-0.39, 0.29) is 22.5 Å². The van der Waals surface area contributed by atoms with Crippen LogP contribution < -0.4 is 52.7 Å². The minimum absolute atomic E-state index is 0.0147. The Morgan fingerprint density at radius 3 is 1.80 bits per heavy atom. The zero-order valence-electron chi connectivity index (χ0n) is 40.0. The van der Waals surface area contributed by atoms with Crippen molar-refractivity contribution in [3.63, 3.8) is 0 Å². The van der Waals surface area contributed by atoms with Crippen molar-refractivity contribution in [3.05, 3.63) is 99.7 Å². The summed E-state index contributed by atoms with van der Waals surface area (Å²) in [5.74, 6) is -0.0459. The summed E-state index contributed by atoms with van der Waals surface area (Å²) < 4.78 is 24.0. The number of thiocarbonyl (C=S) groups is 1. The van der Waals surface area contributed by atoms with Gasteiger partial charge in [-0.25, -0.2) is 4.79 Å². The lowest BCUT2D eigenvalue weighted by molar-refractivity contribution is 0.0380. The van der Waals surface area contributed by atoms with Gasteiger partial charge in [-0.15, -0.1) is 0 Å². The Balaban J connectivity index is 0.866. The number of benzene rings is 4. The molecule has 0 unspecified atom stereocenters. The van der Waals surface area contributed by atoms with E-state index in [1.54, 1.807) is 24.3 Å². The number of phenols is 1. The van der Waals surface area contributed by atoms with E-state index in [0.717, 1.165) is 124 Å². The molecular weight excluding hydrogens is 913 g/mol. The number of rotatable bonds is 17. The standard InChI is InChI=1S/C51H70N10O8S/c62-40-2-5-44-47(33-40)69-48-34-41(63)3-6-45(48)49(44)43-4-1-39(32-46(43)50(64)65)59-51(70)58-19-24-66-25-26-67-27-28-68-42-30-37(35-60-20-15-54-11-7-52-8-12-55-16-21-60)29-38(31-42)36-61-22-17-56-13-9-53-10-14-57-18-23-61/h1-6,29-34,52-57,62H,7-28,35-36H2,(H,64,65)(H2,58,59,70). The van der Waals surface area contributed by atoms with Gasteiger partial charge in [0.2, 0.25) is 0 Å². The van der Waals surface area contributed by atoms with Crippen molar-refractivity contribution in [1.29, 1.82) is 0 Å². The number of ether oxygens (including phenoxy) is 3. The van der Waals surface area contributed by atoms with Crippen LogP contribution >= 0.6 is 12.2 Å². The largest absolute Gasteiger partial charge is 0.508 e. The maximum absolute atomic E-state index is 12.6. The van der Waals surface area contributed by atoms with E-state index >= 15 is 0 Å². The molecule has 1 aliphatic carbocycles. The molecule has 3 aliphatic heterocycles. The van der Waals surface area contributed by atoms with Gasteiger partial charge < -0.3 is 71.4 Å². The maximum Gasteiger partial charge on any atom is 0.336 e. The number of fused-ring (bicyclic) bond motifs is 2. The van der Waals surface area contributed by atoms with E-state index in [2.05, 4.69) is 70.5 Å². The Morgan fingerprint density at radius 1 is 0.643 bits per heavy atom. The molecule has 3 aromatic carbocycles. The van der Waals surface area contributed by atoms with Gasteiger partial charge in [-0.2, -0.15) is 0 Å². The zero-order valence-corrected chi connectivity index (χ0v) is 40.9. The van der Waals surface area contributed by atoms with Gasteiger partial charge in [0.05, 0.1) is 32.0 Å². The van der Waals surface area contributed by atoms with Crippen LogP contribution in [0.1, 0.15) is 21.5 Å². The lowest BCUT2D eigenvalue weighted by atomic mass is 9.90. The molecule has 3 aromatic rings. The number of hydrogen-bond donors (Lipinski definition) is 10. The normalized spacial score (nSPS) is 16.6. The van der Waals surface area contributed by atoms with Crippen LogP contribution in [-0.2, 0) is 22.6 Å². The lowest BCUT2D eigenvalue weighted by Crippen LogP contribution is -2.41. The second-order valence-corrected chi connectivity index (χ2v) is 17.8. The summed E-state index contributed by atoms with van der Waals surface area (Å²) in [7, 11) is 0. The highest BCUT2D eigenvalue weighted by Gasteiger charge is 2.23. The SMILES string of the molecule is O=C(O)c1cc(NC(=S)NCCOCCOCCOc2cc(CN3CCNCCNCCNCC3)cc(CN3CCNCCNCCNCC3)c2)ccc1-c1c2ccc(=O)cc-2oc2cc(O)ccc12. The molecule has 70 heavy (non-hydrogen) atoms. The van der Waals surface area contributed by atoms with Gasteiger partial charge in [0, 0.05) is 159 Å². The van der Waals surface area contributed by atoms with Crippen LogP contribution in [0.25, 0.3) is 33.4 Å². The molecule has 0 bridgehead atoms. The number of hydrogen-bond acceptors (Lipinski definition) is 16. The zero-order chi connectivity index (χ0) is 48.8. The van der Waals surface area contributed by atoms with Crippen molar-refractivity contribution in [2.24, 2.45) is 0 Å². The van der Waals surface area contributed by atoms with Gasteiger partial charge in [-0.3, -0.25) is 14.6 Å². The summed E-state index contributed by atoms with van der Waals surface area (Å²) in [5.41, 5.74) is 4.56. The molecule has 0 amide bonds. The Kier molecular flexibility index (Phi) is 21.4. The van der Waals surface area contributed by atoms with Crippen molar-refractivity contribution in [1.82, 2.24) is 47.0 Å². The Labute approximate surface area is 415 Å². The third kappa shape index (κ3) is 16.9. The number of nitrogens with zero attached hydrogens (tertiary/aromatic N) is 2. The van der Waals surface area contributed by atoms with E-state index in [1.165, 1.54) is 41.5 Å². The summed E-state index contributed by atoms with van der Waals surface area (Å²) in [4.78, 5) is 29.9. The highest BCUT2D eigenvalue weighted by atomic mass is 32.1. The first-order chi connectivity index (χ1) is 34.3. The first kappa shape index (κ1) is 52.5. The first-order valence-electron chi connectivity index (χ1n) is 24.5. The molecule has 19 heteroatoms. The molecular formula is C51H70N10O8S. The highest BCUT2D eigenvalue weighted by Crippen LogP contribution is 2.42. The molecule has 2 fully saturated rings. The predicted octanol–water partition coefficient (Wildman–Crippen LogP) is 2.54. The smallest absolute Gasteiger partial charge is 0.336 e. The number of aromatic carboxylic acids is 1. The second-order valence-electron chi connectivity index (χ2n) is 17.4. The Bertz CT molecular complexity index is 2390. The van der Waals surface area contributed by atoms with Crippen molar-refractivity contribution in [3.8, 4) is 33.9 Å². The average molecular weight is 983 g/mol. The molecule has 0 aromatic heterocycles. The summed E-state index contributed by atoms with van der Waals surface area (Å²) in [6.07, 6.45) is 0. The molecule has 0 spiro atoms. The molecule has 378 valence electrons. The summed E-state index contributed by atoms with van der Waals surface area (Å²) in [5, 5.41) is 48.8. The van der Waals surface area contributed by atoms with Crippen molar-refractivity contribution in [2.75, 3.05) is 150 Å². The molecule has 10 N–H and O–H groups in total. The van der Waals surface area contributed by atoms with Crippen LogP contribution in [0.15, 0.2) is 82.0 Å². The fourth-order valence-corrected chi connectivity index (χ4v) is 8.80. The third-order valence-corrected chi connectivity index (χ3v) is 12.3. The van der Waals surface area contributed by atoms with Crippen LogP contribution in [0.5, 0.6) is 11.5 Å². The van der Waals surface area contributed by atoms with E-state index in [4.69, 9.17) is 30.8 Å². The minimum Gasteiger partial charge on any atom is -0.508 e. The van der Waals surface area contributed by atoms with Crippen LogP contribution in [-0.4, -0.2) is 175 Å². The Morgan fingerprint density at radius 2 is 1.20 bits per heavy atom. The second kappa shape index (κ2) is 28.5.